The van der Waals surface area contributed by atoms with Crippen LogP contribution in [0.3, 0.4) is 0 Å². The first kappa shape index (κ1) is 21.6. The van der Waals surface area contributed by atoms with E-state index >= 15 is 0 Å². The molecule has 0 unspecified atom stereocenters. The summed E-state index contributed by atoms with van der Waals surface area (Å²) in [5.74, 6) is 0.459. The zero-order chi connectivity index (χ0) is 22.5. The number of para-hydroxylation sites is 2. The molecule has 4 aromatic rings. The number of amides is 2. The van der Waals surface area contributed by atoms with Gasteiger partial charge in [0, 0.05) is 37.5 Å². The number of rotatable bonds is 7. The van der Waals surface area contributed by atoms with Crippen LogP contribution in [-0.2, 0) is 12.3 Å². The highest BCUT2D eigenvalue weighted by Gasteiger charge is 2.13. The van der Waals surface area contributed by atoms with E-state index in [2.05, 4.69) is 15.3 Å². The van der Waals surface area contributed by atoms with Crippen LogP contribution in [0.4, 0.5) is 0 Å². The van der Waals surface area contributed by atoms with Crippen molar-refractivity contribution in [1.82, 2.24) is 20.2 Å². The minimum atomic E-state index is -0.126. The molecule has 0 atom stereocenters. The summed E-state index contributed by atoms with van der Waals surface area (Å²) in [7, 11) is 3.45. The number of aromatic amines is 1. The van der Waals surface area contributed by atoms with Gasteiger partial charge < -0.3 is 15.2 Å². The molecule has 0 aliphatic rings. The largest absolute Gasteiger partial charge is 0.348 e. The molecule has 0 saturated heterocycles. The third kappa shape index (κ3) is 5.00. The summed E-state index contributed by atoms with van der Waals surface area (Å²) in [6.45, 7) is 0.389. The molecule has 162 valence electrons. The van der Waals surface area contributed by atoms with E-state index in [4.69, 9.17) is 0 Å². The maximum atomic E-state index is 12.9. The molecule has 0 saturated carbocycles. The highest BCUT2D eigenvalue weighted by molar-refractivity contribution is 7.98. The van der Waals surface area contributed by atoms with Crippen LogP contribution in [0.1, 0.15) is 31.8 Å². The monoisotopic (exact) mass is 444 g/mol. The molecule has 7 heteroatoms. The Morgan fingerprint density at radius 1 is 0.969 bits per heavy atom. The van der Waals surface area contributed by atoms with Crippen LogP contribution in [-0.4, -0.2) is 40.8 Å². The van der Waals surface area contributed by atoms with Crippen molar-refractivity contribution in [1.29, 1.82) is 0 Å². The van der Waals surface area contributed by atoms with E-state index in [0.717, 1.165) is 27.3 Å². The highest BCUT2D eigenvalue weighted by Crippen LogP contribution is 2.24. The number of hydrogen-bond acceptors (Lipinski definition) is 4. The summed E-state index contributed by atoms with van der Waals surface area (Å²) in [5, 5.41) is 3.81. The van der Waals surface area contributed by atoms with E-state index in [-0.39, 0.29) is 11.8 Å². The average Bonchev–Trinajstić information content (AvgIpc) is 3.24. The summed E-state index contributed by atoms with van der Waals surface area (Å²) < 4.78 is 0. The Morgan fingerprint density at radius 3 is 2.44 bits per heavy atom. The van der Waals surface area contributed by atoms with Crippen molar-refractivity contribution in [3.63, 3.8) is 0 Å². The SMILES string of the molecule is CN(C)C(=O)c1ccc(CNC(=O)c2ccccc2CSc2nc3ccccc3[nH]2)cc1. The Morgan fingerprint density at radius 2 is 1.69 bits per heavy atom. The number of H-pyrrole nitrogens is 1. The first-order valence-corrected chi connectivity index (χ1v) is 11.2. The second kappa shape index (κ2) is 9.70. The van der Waals surface area contributed by atoms with Crippen molar-refractivity contribution in [3.8, 4) is 0 Å². The van der Waals surface area contributed by atoms with Gasteiger partial charge in [-0.15, -0.1) is 0 Å². The lowest BCUT2D eigenvalue weighted by atomic mass is 10.1. The summed E-state index contributed by atoms with van der Waals surface area (Å²) in [4.78, 5) is 34.3. The van der Waals surface area contributed by atoms with E-state index in [0.29, 0.717) is 23.4 Å². The molecule has 6 nitrogen and oxygen atoms in total. The van der Waals surface area contributed by atoms with E-state index in [9.17, 15) is 9.59 Å². The van der Waals surface area contributed by atoms with Crippen LogP contribution in [0.25, 0.3) is 11.0 Å². The van der Waals surface area contributed by atoms with Gasteiger partial charge >= 0.3 is 0 Å². The molecule has 1 aromatic heterocycles. The Hall–Kier alpha value is -3.58. The van der Waals surface area contributed by atoms with Crippen LogP contribution in [0.2, 0.25) is 0 Å². The number of aromatic nitrogens is 2. The molecule has 0 spiro atoms. The van der Waals surface area contributed by atoms with Gasteiger partial charge in [-0.2, -0.15) is 0 Å². The number of nitrogens with one attached hydrogen (secondary N) is 2. The van der Waals surface area contributed by atoms with Gasteiger partial charge in [0.2, 0.25) is 0 Å². The summed E-state index contributed by atoms with van der Waals surface area (Å²) >= 11 is 1.57. The fourth-order valence-corrected chi connectivity index (χ4v) is 4.20. The minimum absolute atomic E-state index is 0.0449. The Kier molecular flexibility index (Phi) is 6.56. The van der Waals surface area contributed by atoms with Gasteiger partial charge in [0.05, 0.1) is 11.0 Å². The predicted octanol–water partition coefficient (Wildman–Crippen LogP) is 4.49. The molecule has 0 aliphatic heterocycles. The maximum Gasteiger partial charge on any atom is 0.253 e. The molecule has 3 aromatic carbocycles. The van der Waals surface area contributed by atoms with Crippen LogP contribution in [0.15, 0.2) is 78.0 Å². The predicted molar refractivity (Wildman–Crippen MR) is 128 cm³/mol. The molecule has 2 amide bonds. The van der Waals surface area contributed by atoms with Crippen LogP contribution in [0, 0.1) is 0 Å². The van der Waals surface area contributed by atoms with Gasteiger partial charge in [-0.05, 0) is 41.5 Å². The van der Waals surface area contributed by atoms with Gasteiger partial charge in [0.25, 0.3) is 11.8 Å². The molecule has 32 heavy (non-hydrogen) atoms. The normalized spacial score (nSPS) is 10.8. The van der Waals surface area contributed by atoms with Gasteiger partial charge in [-0.3, -0.25) is 9.59 Å². The Labute approximate surface area is 191 Å². The third-order valence-corrected chi connectivity index (χ3v) is 5.98. The summed E-state index contributed by atoms with van der Waals surface area (Å²) in [5.41, 5.74) is 5.08. The zero-order valence-electron chi connectivity index (χ0n) is 18.0. The summed E-state index contributed by atoms with van der Waals surface area (Å²) in [6, 6.07) is 22.8. The molecule has 0 fully saturated rings. The fraction of sp³-hybridized carbons (Fsp3) is 0.160. The smallest absolute Gasteiger partial charge is 0.253 e. The molecule has 0 bridgehead atoms. The first-order chi connectivity index (χ1) is 15.5. The van der Waals surface area contributed by atoms with E-state index in [1.807, 2.05) is 60.7 Å². The first-order valence-electron chi connectivity index (χ1n) is 10.3. The number of imidazole rings is 1. The lowest BCUT2D eigenvalue weighted by Gasteiger charge is -2.12. The van der Waals surface area contributed by atoms with E-state index in [1.165, 1.54) is 4.90 Å². The second-order valence-electron chi connectivity index (χ2n) is 7.58. The van der Waals surface area contributed by atoms with Gasteiger partial charge in [0.1, 0.15) is 0 Å². The van der Waals surface area contributed by atoms with Crippen molar-refractivity contribution < 1.29 is 9.59 Å². The van der Waals surface area contributed by atoms with Gasteiger partial charge in [0.15, 0.2) is 5.16 Å². The third-order valence-electron chi connectivity index (χ3n) is 5.05. The standard InChI is InChI=1S/C25H24N4O2S/c1-29(2)24(31)18-13-11-17(12-14-18)15-26-23(30)20-8-4-3-7-19(20)16-32-25-27-21-9-5-6-10-22(21)28-25/h3-14H,15-16H2,1-2H3,(H,26,30)(H,27,28). The maximum absolute atomic E-state index is 12.9. The minimum Gasteiger partial charge on any atom is -0.348 e. The fourth-order valence-electron chi connectivity index (χ4n) is 3.31. The molecule has 1 heterocycles. The van der Waals surface area contributed by atoms with Crippen molar-refractivity contribution >= 4 is 34.6 Å². The molecule has 4 rings (SSSR count). The summed E-state index contributed by atoms with van der Waals surface area (Å²) in [6.07, 6.45) is 0. The number of carbonyl (C=O) groups is 2. The lowest BCUT2D eigenvalue weighted by molar-refractivity contribution is 0.0827. The molecule has 2 N–H and O–H groups in total. The lowest BCUT2D eigenvalue weighted by Crippen LogP contribution is -2.24. The number of carbonyl (C=O) groups excluding carboxylic acids is 2. The quantitative estimate of drug-likeness (QED) is 0.412. The number of benzene rings is 3. The van der Waals surface area contributed by atoms with Crippen LogP contribution < -0.4 is 5.32 Å². The Balaban J connectivity index is 1.39. The number of nitrogens with zero attached hydrogens (tertiary/aromatic N) is 2. The van der Waals surface area contributed by atoms with Crippen LogP contribution in [0.5, 0.6) is 0 Å². The average molecular weight is 445 g/mol. The molecular formula is C25H24N4O2S. The van der Waals surface area contributed by atoms with E-state index < -0.39 is 0 Å². The Bertz CT molecular complexity index is 1220. The zero-order valence-corrected chi connectivity index (χ0v) is 18.8. The van der Waals surface area contributed by atoms with Gasteiger partial charge in [-0.1, -0.05) is 54.2 Å². The van der Waals surface area contributed by atoms with Gasteiger partial charge in [-0.25, -0.2) is 4.98 Å². The number of fused-ring (bicyclic) bond motifs is 1. The molecule has 0 aliphatic carbocycles. The van der Waals surface area contributed by atoms with Crippen LogP contribution >= 0.6 is 11.8 Å². The van der Waals surface area contributed by atoms with Crippen molar-refractivity contribution in [2.45, 2.75) is 17.5 Å². The van der Waals surface area contributed by atoms with Crippen molar-refractivity contribution in [2.75, 3.05) is 14.1 Å². The molecular weight excluding hydrogens is 420 g/mol. The topological polar surface area (TPSA) is 78.1 Å². The van der Waals surface area contributed by atoms with E-state index in [1.54, 1.807) is 38.0 Å². The highest BCUT2D eigenvalue weighted by atomic mass is 32.2. The number of thioether (sulfide) groups is 1. The van der Waals surface area contributed by atoms with Crippen molar-refractivity contribution in [3.05, 3.63) is 95.1 Å². The second-order valence-corrected chi connectivity index (χ2v) is 8.55. The van der Waals surface area contributed by atoms with Crippen molar-refractivity contribution in [2.24, 2.45) is 0 Å². The molecule has 0 radical (unpaired) electrons. The number of hydrogen-bond donors (Lipinski definition) is 2.